The van der Waals surface area contributed by atoms with E-state index in [9.17, 15) is 10.1 Å². The molecule has 0 fully saturated rings. The van der Waals surface area contributed by atoms with Crippen LogP contribution < -0.4 is 4.74 Å². The molecule has 0 aromatic heterocycles. The molecule has 0 N–H and O–H groups in total. The second-order valence-corrected chi connectivity index (χ2v) is 2.95. The van der Waals surface area contributed by atoms with Crippen LogP contribution in [0.2, 0.25) is 0 Å². The molecule has 0 saturated heterocycles. The monoisotopic (exact) mass is 206 g/mol. The highest BCUT2D eigenvalue weighted by atomic mass is 16.6. The predicted octanol–water partition coefficient (Wildman–Crippen LogP) is 2.06. The molecule has 0 spiro atoms. The van der Waals surface area contributed by atoms with Crippen LogP contribution in [-0.2, 0) is 6.42 Å². The summed E-state index contributed by atoms with van der Waals surface area (Å²) in [5.74, 6) is 0.442. The summed E-state index contributed by atoms with van der Waals surface area (Å²) in [6.07, 6.45) is 0.832. The van der Waals surface area contributed by atoms with Crippen molar-refractivity contribution in [3.8, 4) is 11.8 Å². The molecule has 0 bridgehead atoms. The molecule has 0 saturated carbocycles. The maximum Gasteiger partial charge on any atom is 0.273 e. The molecule has 1 aromatic rings. The Morgan fingerprint density at radius 3 is 2.80 bits per heavy atom. The van der Waals surface area contributed by atoms with Gasteiger partial charge in [-0.3, -0.25) is 10.1 Å². The van der Waals surface area contributed by atoms with E-state index in [1.165, 1.54) is 19.2 Å². The molecule has 0 atom stereocenters. The zero-order valence-electron chi connectivity index (χ0n) is 8.27. The quantitative estimate of drug-likeness (QED) is 0.558. The van der Waals surface area contributed by atoms with Crippen LogP contribution in [0.25, 0.3) is 0 Å². The van der Waals surface area contributed by atoms with Crippen molar-refractivity contribution in [3.05, 3.63) is 33.9 Å². The van der Waals surface area contributed by atoms with Crippen LogP contribution in [0, 0.1) is 21.4 Å². The van der Waals surface area contributed by atoms with Gasteiger partial charge >= 0.3 is 0 Å². The van der Waals surface area contributed by atoms with Crippen molar-refractivity contribution in [3.63, 3.8) is 0 Å². The van der Waals surface area contributed by atoms with Gasteiger partial charge < -0.3 is 4.74 Å². The highest BCUT2D eigenvalue weighted by Crippen LogP contribution is 2.23. The van der Waals surface area contributed by atoms with Crippen molar-refractivity contribution in [2.24, 2.45) is 0 Å². The number of non-ortho nitro benzene ring substituents is 1. The molecular weight excluding hydrogens is 196 g/mol. The molecule has 0 aliphatic carbocycles. The first kappa shape index (κ1) is 11.0. The first-order valence-corrected chi connectivity index (χ1v) is 4.36. The van der Waals surface area contributed by atoms with Gasteiger partial charge in [-0.15, -0.1) is 0 Å². The van der Waals surface area contributed by atoms with Crippen LogP contribution in [0.3, 0.4) is 0 Å². The summed E-state index contributed by atoms with van der Waals surface area (Å²) in [4.78, 5) is 10.1. The molecule has 1 rings (SSSR count). The number of ether oxygens (including phenoxy) is 1. The Labute approximate surface area is 87.1 Å². The zero-order chi connectivity index (χ0) is 11.3. The van der Waals surface area contributed by atoms with Gasteiger partial charge in [-0.25, -0.2) is 0 Å². The highest BCUT2D eigenvalue weighted by Gasteiger charge is 2.09. The fourth-order valence-electron chi connectivity index (χ4n) is 1.21. The second kappa shape index (κ2) is 4.96. The van der Waals surface area contributed by atoms with Crippen LogP contribution in [0.5, 0.6) is 5.75 Å². The number of rotatable bonds is 4. The van der Waals surface area contributed by atoms with Gasteiger partial charge in [-0.1, -0.05) is 0 Å². The Kier molecular flexibility index (Phi) is 3.63. The molecule has 0 aliphatic rings. The highest BCUT2D eigenvalue weighted by molar-refractivity contribution is 5.42. The van der Waals surface area contributed by atoms with Gasteiger partial charge in [0.2, 0.25) is 0 Å². The Balaban J connectivity index is 3.01. The van der Waals surface area contributed by atoms with Crippen LogP contribution in [0.4, 0.5) is 5.69 Å². The number of nitro benzene ring substituents is 1. The predicted molar refractivity (Wildman–Crippen MR) is 53.6 cm³/mol. The summed E-state index contributed by atoms with van der Waals surface area (Å²) in [5.41, 5.74) is 0.727. The molecule has 0 amide bonds. The number of hydrogen-bond acceptors (Lipinski definition) is 4. The van der Waals surface area contributed by atoms with Gasteiger partial charge in [-0.05, 0) is 18.1 Å². The summed E-state index contributed by atoms with van der Waals surface area (Å²) in [5, 5.41) is 19.0. The van der Waals surface area contributed by atoms with E-state index in [2.05, 4.69) is 0 Å². The van der Waals surface area contributed by atoms with Crippen molar-refractivity contribution in [2.45, 2.75) is 12.8 Å². The first-order chi connectivity index (χ1) is 7.17. The van der Waals surface area contributed by atoms with Crippen molar-refractivity contribution < 1.29 is 9.66 Å². The van der Waals surface area contributed by atoms with Crippen LogP contribution in [0.15, 0.2) is 18.2 Å². The SMILES string of the molecule is COc1cc(CCC#N)cc([N+](=O)[O-])c1. The number of methoxy groups -OCH3 is 1. The topological polar surface area (TPSA) is 76.2 Å². The minimum atomic E-state index is -0.474. The lowest BCUT2D eigenvalue weighted by molar-refractivity contribution is -0.385. The molecule has 0 unspecified atom stereocenters. The van der Waals surface area contributed by atoms with Crippen LogP contribution in [-0.4, -0.2) is 12.0 Å². The van der Waals surface area contributed by atoms with Crippen molar-refractivity contribution in [1.29, 1.82) is 5.26 Å². The normalized spacial score (nSPS) is 9.33. The molecule has 0 aliphatic heterocycles. The number of aryl methyl sites for hydroxylation is 1. The Morgan fingerprint density at radius 1 is 1.53 bits per heavy atom. The Bertz CT molecular complexity index is 410. The summed E-state index contributed by atoms with van der Waals surface area (Å²) in [6, 6.07) is 6.51. The molecule has 15 heavy (non-hydrogen) atoms. The van der Waals surface area contributed by atoms with E-state index in [1.807, 2.05) is 6.07 Å². The lowest BCUT2D eigenvalue weighted by Crippen LogP contribution is -1.93. The third-order valence-corrected chi connectivity index (χ3v) is 1.92. The average Bonchev–Trinajstić information content (AvgIpc) is 2.25. The maximum absolute atomic E-state index is 10.6. The Hall–Kier alpha value is -2.09. The second-order valence-electron chi connectivity index (χ2n) is 2.95. The van der Waals surface area contributed by atoms with E-state index in [-0.39, 0.29) is 5.69 Å². The summed E-state index contributed by atoms with van der Waals surface area (Å²) in [6.45, 7) is 0. The van der Waals surface area contributed by atoms with E-state index in [0.717, 1.165) is 5.56 Å². The van der Waals surface area contributed by atoms with E-state index >= 15 is 0 Å². The van der Waals surface area contributed by atoms with Crippen molar-refractivity contribution in [1.82, 2.24) is 0 Å². The molecular formula is C10H10N2O3. The van der Waals surface area contributed by atoms with Gasteiger partial charge in [-0.2, -0.15) is 5.26 Å². The average molecular weight is 206 g/mol. The third-order valence-electron chi connectivity index (χ3n) is 1.92. The van der Waals surface area contributed by atoms with Gasteiger partial charge in [0.25, 0.3) is 5.69 Å². The standard InChI is InChI=1S/C10H10N2O3/c1-15-10-6-8(3-2-4-11)5-9(7-10)12(13)14/h5-7H,2-3H2,1H3. The van der Waals surface area contributed by atoms with Crippen molar-refractivity contribution >= 4 is 5.69 Å². The van der Waals surface area contributed by atoms with E-state index in [4.69, 9.17) is 10.00 Å². The van der Waals surface area contributed by atoms with Gasteiger partial charge in [0.05, 0.1) is 24.2 Å². The lowest BCUT2D eigenvalue weighted by Gasteiger charge is -2.03. The summed E-state index contributed by atoms with van der Waals surface area (Å²) in [7, 11) is 1.45. The van der Waals surface area contributed by atoms with E-state index < -0.39 is 4.92 Å². The van der Waals surface area contributed by atoms with Gasteiger partial charge in [0.1, 0.15) is 5.75 Å². The van der Waals surface area contributed by atoms with Crippen molar-refractivity contribution in [2.75, 3.05) is 7.11 Å². The number of hydrogen-bond donors (Lipinski definition) is 0. The summed E-state index contributed by atoms with van der Waals surface area (Å²) < 4.78 is 4.94. The minimum absolute atomic E-state index is 0.0118. The van der Waals surface area contributed by atoms with E-state index in [1.54, 1.807) is 6.07 Å². The van der Waals surface area contributed by atoms with Crippen LogP contribution >= 0.6 is 0 Å². The molecule has 0 heterocycles. The molecule has 1 aromatic carbocycles. The molecule has 5 nitrogen and oxygen atoms in total. The van der Waals surface area contributed by atoms with Gasteiger partial charge in [0.15, 0.2) is 0 Å². The number of benzene rings is 1. The Morgan fingerprint density at radius 2 is 2.27 bits per heavy atom. The number of nitro groups is 1. The number of nitriles is 1. The van der Waals surface area contributed by atoms with E-state index in [0.29, 0.717) is 18.6 Å². The molecule has 78 valence electrons. The fraction of sp³-hybridized carbons (Fsp3) is 0.300. The van der Waals surface area contributed by atoms with Crippen LogP contribution in [0.1, 0.15) is 12.0 Å². The lowest BCUT2D eigenvalue weighted by atomic mass is 10.1. The minimum Gasteiger partial charge on any atom is -0.496 e. The zero-order valence-corrected chi connectivity index (χ0v) is 8.27. The molecule has 0 radical (unpaired) electrons. The van der Waals surface area contributed by atoms with Gasteiger partial charge in [0, 0.05) is 12.5 Å². The number of nitrogens with zero attached hydrogens (tertiary/aromatic N) is 2. The third kappa shape index (κ3) is 2.95. The first-order valence-electron chi connectivity index (χ1n) is 4.36. The molecule has 5 heteroatoms. The summed E-state index contributed by atoms with van der Waals surface area (Å²) >= 11 is 0. The smallest absolute Gasteiger partial charge is 0.273 e. The largest absolute Gasteiger partial charge is 0.496 e. The fourth-order valence-corrected chi connectivity index (χ4v) is 1.21. The maximum atomic E-state index is 10.6.